The highest BCUT2D eigenvalue weighted by molar-refractivity contribution is 7.96. The topological polar surface area (TPSA) is 12.4 Å². The summed E-state index contributed by atoms with van der Waals surface area (Å²) in [4.78, 5) is 4.34. The second-order valence-corrected chi connectivity index (χ2v) is 3.39. The number of rotatable bonds is 1. The van der Waals surface area contributed by atoms with E-state index < -0.39 is 0 Å². The molecular weight excluding hydrogens is 142 g/mol. The van der Waals surface area contributed by atoms with Gasteiger partial charge in [-0.25, -0.2) is 4.99 Å². The lowest BCUT2D eigenvalue weighted by Crippen LogP contribution is -2.08. The smallest absolute Gasteiger partial charge is 0.0599 e. The Kier molecular flexibility index (Phi) is 3.77. The fourth-order valence-corrected chi connectivity index (χ4v) is 1.63. The standard InChI is InChI=1S/C8H15NS/c1-10-7-9-8-5-3-2-4-6-8/h8,10H,2-6H2,1H3. The van der Waals surface area contributed by atoms with Gasteiger partial charge in [0.1, 0.15) is 0 Å². The van der Waals surface area contributed by atoms with Crippen LogP contribution in [0.4, 0.5) is 0 Å². The average molecular weight is 157 g/mol. The molecule has 0 radical (unpaired) electrons. The van der Waals surface area contributed by atoms with Crippen LogP contribution in [0.5, 0.6) is 0 Å². The summed E-state index contributed by atoms with van der Waals surface area (Å²) in [6.45, 7) is 0. The van der Waals surface area contributed by atoms with Gasteiger partial charge in [-0.1, -0.05) is 19.3 Å². The molecule has 58 valence electrons. The summed E-state index contributed by atoms with van der Waals surface area (Å²) in [5, 5.41) is 3.02. The summed E-state index contributed by atoms with van der Waals surface area (Å²) in [5.41, 5.74) is 0. The molecule has 0 amide bonds. The highest BCUT2D eigenvalue weighted by Gasteiger charge is 2.10. The van der Waals surface area contributed by atoms with E-state index in [9.17, 15) is 0 Å². The summed E-state index contributed by atoms with van der Waals surface area (Å²) in [6, 6.07) is 0.612. The fourth-order valence-electron chi connectivity index (χ4n) is 1.35. The van der Waals surface area contributed by atoms with E-state index in [0.29, 0.717) is 6.04 Å². The zero-order valence-electron chi connectivity index (χ0n) is 6.51. The Morgan fingerprint density at radius 1 is 1.30 bits per heavy atom. The Bertz CT molecular complexity index is 141. The number of isothiocyanates is 1. The molecule has 1 fully saturated rings. The maximum atomic E-state index is 4.34. The predicted octanol–water partition coefficient (Wildman–Crippen LogP) is 2.32. The van der Waals surface area contributed by atoms with Gasteiger partial charge < -0.3 is 0 Å². The molecule has 0 atom stereocenters. The van der Waals surface area contributed by atoms with Crippen LogP contribution >= 0.6 is 11.4 Å². The van der Waals surface area contributed by atoms with E-state index in [0.717, 1.165) is 0 Å². The van der Waals surface area contributed by atoms with Crippen LogP contribution < -0.4 is 0 Å². The van der Waals surface area contributed by atoms with Crippen molar-refractivity contribution in [2.75, 3.05) is 6.26 Å². The van der Waals surface area contributed by atoms with Gasteiger partial charge in [0.05, 0.1) is 6.04 Å². The van der Waals surface area contributed by atoms with Gasteiger partial charge in [0.2, 0.25) is 0 Å². The first-order valence-corrected chi connectivity index (χ1v) is 5.31. The van der Waals surface area contributed by atoms with E-state index in [4.69, 9.17) is 0 Å². The van der Waals surface area contributed by atoms with Crippen molar-refractivity contribution in [1.82, 2.24) is 0 Å². The highest BCUT2D eigenvalue weighted by Crippen LogP contribution is 2.19. The molecule has 0 N–H and O–H groups in total. The third-order valence-electron chi connectivity index (χ3n) is 1.92. The first-order valence-electron chi connectivity index (χ1n) is 3.97. The van der Waals surface area contributed by atoms with Gasteiger partial charge in [-0.3, -0.25) is 0 Å². The molecule has 2 heteroatoms. The van der Waals surface area contributed by atoms with Crippen molar-refractivity contribution in [2.24, 2.45) is 4.99 Å². The third kappa shape index (κ3) is 2.68. The summed E-state index contributed by atoms with van der Waals surface area (Å²) >= 11 is 1.17. The van der Waals surface area contributed by atoms with E-state index in [1.165, 1.54) is 43.5 Å². The van der Waals surface area contributed by atoms with Crippen molar-refractivity contribution in [3.05, 3.63) is 0 Å². The Morgan fingerprint density at radius 3 is 2.60 bits per heavy atom. The van der Waals surface area contributed by atoms with Gasteiger partial charge in [-0.2, -0.15) is 0 Å². The molecular formula is C8H15NS. The SMILES string of the molecule is C[SH]=C=NC1CCCCC1. The minimum absolute atomic E-state index is 0.612. The molecule has 0 aromatic carbocycles. The average Bonchev–Trinajstić information content (AvgIpc) is 2.03. The second kappa shape index (κ2) is 4.70. The predicted molar refractivity (Wildman–Crippen MR) is 49.2 cm³/mol. The van der Waals surface area contributed by atoms with Crippen LogP contribution in [0.1, 0.15) is 32.1 Å². The van der Waals surface area contributed by atoms with E-state index >= 15 is 0 Å². The monoisotopic (exact) mass is 157 g/mol. The molecule has 0 heterocycles. The lowest BCUT2D eigenvalue weighted by Gasteiger charge is -2.15. The molecule has 0 unspecified atom stereocenters. The molecule has 0 aromatic rings. The van der Waals surface area contributed by atoms with Crippen LogP contribution in [0.25, 0.3) is 0 Å². The Morgan fingerprint density at radius 2 is 2.00 bits per heavy atom. The Hall–Kier alpha value is -0.0700. The molecule has 1 aliphatic rings. The molecule has 1 aliphatic carbocycles. The molecule has 1 nitrogen and oxygen atoms in total. The number of thiol groups is 1. The summed E-state index contributed by atoms with van der Waals surface area (Å²) in [7, 11) is 0. The largest absolute Gasteiger partial charge is 0.234 e. The van der Waals surface area contributed by atoms with Crippen molar-refractivity contribution >= 4 is 16.5 Å². The zero-order chi connectivity index (χ0) is 7.23. The molecule has 1 rings (SSSR count). The van der Waals surface area contributed by atoms with E-state index in [-0.39, 0.29) is 0 Å². The van der Waals surface area contributed by atoms with Crippen LogP contribution in [-0.4, -0.2) is 17.5 Å². The Balaban J connectivity index is 2.32. The Labute approximate surface area is 66.5 Å². The lowest BCUT2D eigenvalue weighted by atomic mass is 9.96. The van der Waals surface area contributed by atoms with Gasteiger partial charge >= 0.3 is 0 Å². The highest BCUT2D eigenvalue weighted by atomic mass is 32.1. The van der Waals surface area contributed by atoms with Gasteiger partial charge in [-0.05, 0) is 19.1 Å². The minimum atomic E-state index is 0.612. The van der Waals surface area contributed by atoms with Gasteiger partial charge in [0.15, 0.2) is 0 Å². The van der Waals surface area contributed by atoms with E-state index in [1.807, 2.05) is 0 Å². The summed E-state index contributed by atoms with van der Waals surface area (Å²) in [6.07, 6.45) is 8.81. The van der Waals surface area contributed by atoms with E-state index in [2.05, 4.69) is 16.4 Å². The molecule has 10 heavy (non-hydrogen) atoms. The van der Waals surface area contributed by atoms with Crippen LogP contribution in [0.2, 0.25) is 0 Å². The summed E-state index contributed by atoms with van der Waals surface area (Å²) in [5.74, 6) is 0. The number of nitrogens with zero attached hydrogens (tertiary/aromatic N) is 1. The maximum absolute atomic E-state index is 4.34. The quantitative estimate of drug-likeness (QED) is 0.341. The first-order chi connectivity index (χ1) is 4.93. The van der Waals surface area contributed by atoms with Gasteiger partial charge in [0.25, 0.3) is 0 Å². The van der Waals surface area contributed by atoms with E-state index in [1.54, 1.807) is 0 Å². The molecule has 0 bridgehead atoms. The minimum Gasteiger partial charge on any atom is -0.234 e. The number of hydrogen-bond donors (Lipinski definition) is 1. The second-order valence-electron chi connectivity index (χ2n) is 2.74. The lowest BCUT2D eigenvalue weighted by molar-refractivity contribution is 0.445. The molecule has 0 aromatic heterocycles. The number of aliphatic imine (C=N–C) groups is 1. The normalized spacial score (nSPS) is 20.1. The number of hydrogen-bond acceptors (Lipinski definition) is 1. The molecule has 0 spiro atoms. The van der Waals surface area contributed by atoms with Crippen molar-refractivity contribution in [3.63, 3.8) is 0 Å². The third-order valence-corrected chi connectivity index (χ3v) is 2.23. The van der Waals surface area contributed by atoms with Crippen molar-refractivity contribution in [3.8, 4) is 0 Å². The van der Waals surface area contributed by atoms with Crippen LogP contribution in [-0.2, 0) is 0 Å². The fraction of sp³-hybridized carbons (Fsp3) is 0.875. The molecule has 1 saturated carbocycles. The molecule has 0 saturated heterocycles. The van der Waals surface area contributed by atoms with Gasteiger partial charge in [0, 0.05) is 5.16 Å². The van der Waals surface area contributed by atoms with Crippen LogP contribution in [0.3, 0.4) is 0 Å². The van der Waals surface area contributed by atoms with Crippen LogP contribution in [0.15, 0.2) is 4.99 Å². The maximum Gasteiger partial charge on any atom is 0.0599 e. The zero-order valence-corrected chi connectivity index (χ0v) is 7.40. The van der Waals surface area contributed by atoms with Crippen molar-refractivity contribution < 1.29 is 0 Å². The van der Waals surface area contributed by atoms with Gasteiger partial charge in [-0.15, -0.1) is 11.4 Å². The summed E-state index contributed by atoms with van der Waals surface area (Å²) < 4.78 is 0. The van der Waals surface area contributed by atoms with Crippen LogP contribution in [0, 0.1) is 0 Å². The van der Waals surface area contributed by atoms with Crippen molar-refractivity contribution in [2.45, 2.75) is 38.1 Å². The van der Waals surface area contributed by atoms with Crippen molar-refractivity contribution in [1.29, 1.82) is 0 Å². The molecule has 0 aliphatic heterocycles. The first kappa shape index (κ1) is 8.03.